The first-order valence-corrected chi connectivity index (χ1v) is 8.15. The normalized spacial score (nSPS) is 17.5. The van der Waals surface area contributed by atoms with Gasteiger partial charge in [0.15, 0.2) is 5.82 Å². The maximum atomic E-state index is 11.4. The van der Waals surface area contributed by atoms with Gasteiger partial charge in [-0.05, 0) is 12.8 Å². The van der Waals surface area contributed by atoms with Gasteiger partial charge in [0.05, 0.1) is 30.0 Å². The number of ether oxygens (including phenoxy) is 1. The van der Waals surface area contributed by atoms with Crippen molar-refractivity contribution in [2.45, 2.75) is 31.8 Å². The zero-order valence-electron chi connectivity index (χ0n) is 13.6. The largest absolute Gasteiger partial charge is 0.465 e. The van der Waals surface area contributed by atoms with Crippen molar-refractivity contribution >= 4 is 12.0 Å². The van der Waals surface area contributed by atoms with E-state index in [9.17, 15) is 9.90 Å². The van der Waals surface area contributed by atoms with E-state index in [1.807, 2.05) is 0 Å². The molecule has 0 unspecified atom stereocenters. The van der Waals surface area contributed by atoms with Crippen LogP contribution in [-0.2, 0) is 17.8 Å². The molecule has 3 N–H and O–H groups in total. The molecule has 2 aromatic heterocycles. The Labute approximate surface area is 143 Å². The Morgan fingerprint density at radius 1 is 1.20 bits per heavy atom. The van der Waals surface area contributed by atoms with Gasteiger partial charge in [-0.2, -0.15) is 0 Å². The molecular weight excluding hydrogens is 324 g/mol. The number of carbonyl (C=O) groups is 1. The van der Waals surface area contributed by atoms with Crippen LogP contribution in [0.25, 0.3) is 11.4 Å². The van der Waals surface area contributed by atoms with Crippen LogP contribution in [0.1, 0.15) is 35.7 Å². The molecule has 1 amide bonds. The first-order chi connectivity index (χ1) is 12.1. The number of rotatable bonds is 2. The highest BCUT2D eigenvalue weighted by Gasteiger charge is 2.31. The smallest absolute Gasteiger partial charge is 0.407 e. The molecule has 4 heterocycles. The van der Waals surface area contributed by atoms with E-state index < -0.39 is 6.09 Å². The van der Waals surface area contributed by atoms with Crippen LogP contribution in [0, 0.1) is 0 Å². The van der Waals surface area contributed by atoms with Gasteiger partial charge in [-0.25, -0.2) is 24.7 Å². The minimum Gasteiger partial charge on any atom is -0.465 e. The number of carboxylic acid groups (broad SMARTS) is 1. The lowest BCUT2D eigenvalue weighted by molar-refractivity contribution is 0.0842. The summed E-state index contributed by atoms with van der Waals surface area (Å²) in [7, 11) is 0. The van der Waals surface area contributed by atoms with E-state index in [-0.39, 0.29) is 18.4 Å². The van der Waals surface area contributed by atoms with Crippen LogP contribution in [0.4, 0.5) is 10.7 Å². The zero-order chi connectivity index (χ0) is 17.4. The van der Waals surface area contributed by atoms with Crippen molar-refractivity contribution in [1.29, 1.82) is 0 Å². The highest BCUT2D eigenvalue weighted by atomic mass is 16.5. The molecule has 130 valence electrons. The fourth-order valence-electron chi connectivity index (χ4n) is 3.31. The number of hydrogen-bond acceptors (Lipinski definition) is 7. The Morgan fingerprint density at radius 2 is 1.92 bits per heavy atom. The second-order valence-electron chi connectivity index (χ2n) is 6.21. The molecule has 1 saturated heterocycles. The van der Waals surface area contributed by atoms with Gasteiger partial charge in [-0.1, -0.05) is 0 Å². The number of anilines is 1. The summed E-state index contributed by atoms with van der Waals surface area (Å²) in [6, 6.07) is 0. The average Bonchev–Trinajstić information content (AvgIpc) is 3.07. The Kier molecular flexibility index (Phi) is 3.92. The standard InChI is InChI=1S/C16H18N6O3/c17-15-18-5-10(6-19-15)14-20-12-8-22(16(23)24)7-11(12)13(21-14)9-1-3-25-4-2-9/h5-6,9H,1-4,7-8H2,(H,23,24)(H2,17,18,19). The second-order valence-corrected chi connectivity index (χ2v) is 6.21. The molecule has 4 rings (SSSR count). The van der Waals surface area contributed by atoms with Crippen LogP contribution >= 0.6 is 0 Å². The van der Waals surface area contributed by atoms with Crippen molar-refractivity contribution < 1.29 is 14.6 Å². The van der Waals surface area contributed by atoms with E-state index in [1.165, 1.54) is 4.90 Å². The molecule has 0 aliphatic carbocycles. The summed E-state index contributed by atoms with van der Waals surface area (Å²) in [6.45, 7) is 1.97. The van der Waals surface area contributed by atoms with Crippen LogP contribution in [0.15, 0.2) is 12.4 Å². The molecule has 0 atom stereocenters. The van der Waals surface area contributed by atoms with Gasteiger partial charge in [0.2, 0.25) is 5.95 Å². The lowest BCUT2D eigenvalue weighted by Gasteiger charge is -2.23. The Bertz CT molecular complexity index is 804. The number of fused-ring (bicyclic) bond motifs is 1. The summed E-state index contributed by atoms with van der Waals surface area (Å²) < 4.78 is 5.45. The van der Waals surface area contributed by atoms with E-state index in [1.54, 1.807) is 12.4 Å². The molecule has 0 radical (unpaired) electrons. The minimum atomic E-state index is -0.951. The van der Waals surface area contributed by atoms with Crippen LogP contribution in [-0.4, -0.2) is 49.2 Å². The van der Waals surface area contributed by atoms with Crippen molar-refractivity contribution in [2.75, 3.05) is 18.9 Å². The third-order valence-electron chi connectivity index (χ3n) is 4.62. The fourth-order valence-corrected chi connectivity index (χ4v) is 3.31. The summed E-state index contributed by atoms with van der Waals surface area (Å²) in [5.41, 5.74) is 8.81. The number of hydrogen-bond donors (Lipinski definition) is 2. The fraction of sp³-hybridized carbons (Fsp3) is 0.438. The molecule has 0 saturated carbocycles. The number of amides is 1. The lowest BCUT2D eigenvalue weighted by atomic mass is 9.92. The van der Waals surface area contributed by atoms with Gasteiger partial charge < -0.3 is 15.6 Å². The molecular formula is C16H18N6O3. The predicted octanol–water partition coefficient (Wildman–Crippen LogP) is 1.40. The Morgan fingerprint density at radius 3 is 2.60 bits per heavy atom. The molecule has 2 aliphatic rings. The maximum Gasteiger partial charge on any atom is 0.407 e. The van der Waals surface area contributed by atoms with Gasteiger partial charge in [0.25, 0.3) is 0 Å². The van der Waals surface area contributed by atoms with Crippen LogP contribution in [0.5, 0.6) is 0 Å². The molecule has 0 aromatic carbocycles. The van der Waals surface area contributed by atoms with Crippen LogP contribution < -0.4 is 5.73 Å². The molecule has 25 heavy (non-hydrogen) atoms. The van der Waals surface area contributed by atoms with Gasteiger partial charge in [-0.3, -0.25) is 4.90 Å². The number of aromatic nitrogens is 4. The summed E-state index contributed by atoms with van der Waals surface area (Å²) in [6.07, 6.45) is 3.96. The molecule has 2 aliphatic heterocycles. The first-order valence-electron chi connectivity index (χ1n) is 8.15. The van der Waals surface area contributed by atoms with Crippen LogP contribution in [0.2, 0.25) is 0 Å². The monoisotopic (exact) mass is 342 g/mol. The summed E-state index contributed by atoms with van der Waals surface area (Å²) in [4.78, 5) is 30.0. The quantitative estimate of drug-likeness (QED) is 0.838. The third kappa shape index (κ3) is 2.98. The topological polar surface area (TPSA) is 127 Å². The highest BCUT2D eigenvalue weighted by Crippen LogP contribution is 2.34. The van der Waals surface area contributed by atoms with E-state index in [4.69, 9.17) is 15.5 Å². The van der Waals surface area contributed by atoms with E-state index in [0.29, 0.717) is 31.1 Å². The van der Waals surface area contributed by atoms with Crippen molar-refractivity contribution in [3.8, 4) is 11.4 Å². The van der Waals surface area contributed by atoms with Gasteiger partial charge in [0, 0.05) is 37.1 Å². The maximum absolute atomic E-state index is 11.4. The molecule has 9 nitrogen and oxygen atoms in total. The van der Waals surface area contributed by atoms with E-state index in [0.717, 1.165) is 29.8 Å². The second kappa shape index (κ2) is 6.25. The summed E-state index contributed by atoms with van der Waals surface area (Å²) >= 11 is 0. The van der Waals surface area contributed by atoms with Gasteiger partial charge in [-0.15, -0.1) is 0 Å². The zero-order valence-corrected chi connectivity index (χ0v) is 13.6. The number of nitrogens with two attached hydrogens (primary N) is 1. The molecule has 0 bridgehead atoms. The van der Waals surface area contributed by atoms with Crippen molar-refractivity contribution in [2.24, 2.45) is 0 Å². The SMILES string of the molecule is Nc1ncc(-c2nc3c(c(C4CCOCC4)n2)CN(C(=O)O)C3)cn1. The Balaban J connectivity index is 1.78. The van der Waals surface area contributed by atoms with Crippen molar-refractivity contribution in [1.82, 2.24) is 24.8 Å². The van der Waals surface area contributed by atoms with Crippen molar-refractivity contribution in [3.05, 3.63) is 29.3 Å². The summed E-state index contributed by atoms with van der Waals surface area (Å²) in [5.74, 6) is 0.937. The molecule has 0 spiro atoms. The highest BCUT2D eigenvalue weighted by molar-refractivity contribution is 5.66. The molecule has 2 aromatic rings. The summed E-state index contributed by atoms with van der Waals surface area (Å²) in [5, 5.41) is 9.33. The average molecular weight is 342 g/mol. The number of nitrogen functional groups attached to an aromatic ring is 1. The lowest BCUT2D eigenvalue weighted by Crippen LogP contribution is -2.23. The van der Waals surface area contributed by atoms with Gasteiger partial charge >= 0.3 is 6.09 Å². The van der Waals surface area contributed by atoms with E-state index in [2.05, 4.69) is 15.0 Å². The Hall–Kier alpha value is -2.81. The first kappa shape index (κ1) is 15.7. The van der Waals surface area contributed by atoms with Crippen molar-refractivity contribution in [3.63, 3.8) is 0 Å². The molecule has 9 heteroatoms. The minimum absolute atomic E-state index is 0.187. The van der Waals surface area contributed by atoms with Crippen LogP contribution in [0.3, 0.4) is 0 Å². The number of nitrogens with zero attached hydrogens (tertiary/aromatic N) is 5. The molecule has 1 fully saturated rings. The third-order valence-corrected chi connectivity index (χ3v) is 4.62. The predicted molar refractivity (Wildman–Crippen MR) is 87.5 cm³/mol. The van der Waals surface area contributed by atoms with E-state index >= 15 is 0 Å². The van der Waals surface area contributed by atoms with Gasteiger partial charge in [0.1, 0.15) is 0 Å².